The van der Waals surface area contributed by atoms with E-state index in [0.29, 0.717) is 21.3 Å². The molecule has 0 bridgehead atoms. The van der Waals surface area contributed by atoms with E-state index in [4.69, 9.17) is 23.2 Å². The van der Waals surface area contributed by atoms with Gasteiger partial charge in [-0.05, 0) is 42.0 Å². The molecule has 30 heavy (non-hydrogen) atoms. The van der Waals surface area contributed by atoms with Crippen LogP contribution in [0.4, 0.5) is 5.69 Å². The average molecular weight is 442 g/mol. The van der Waals surface area contributed by atoms with Crippen LogP contribution in [0.25, 0.3) is 0 Å². The van der Waals surface area contributed by atoms with Crippen LogP contribution in [0.2, 0.25) is 10.0 Å². The first-order valence-electron chi connectivity index (χ1n) is 9.20. The minimum atomic E-state index is -2.11. The number of ketones is 1. The maximum atomic E-state index is 13.3. The lowest BCUT2D eigenvalue weighted by atomic mass is 9.88. The Labute approximate surface area is 183 Å². The summed E-state index contributed by atoms with van der Waals surface area (Å²) in [5, 5.41) is 22.2. The van der Waals surface area contributed by atoms with E-state index in [1.807, 2.05) is 0 Å². The van der Waals surface area contributed by atoms with E-state index in [2.05, 4.69) is 0 Å². The molecule has 0 fully saturated rings. The second-order valence-corrected chi connectivity index (χ2v) is 7.97. The average Bonchev–Trinajstić information content (AvgIpc) is 2.91. The monoisotopic (exact) mass is 441 g/mol. The number of hydrogen-bond acceptors (Lipinski definition) is 4. The molecule has 0 saturated heterocycles. The Morgan fingerprint density at radius 3 is 2.43 bits per heavy atom. The number of amides is 1. The molecule has 5 nitrogen and oxygen atoms in total. The number of Topliss-reactive ketones (excluding diaryl/α,β-unsaturated/α-hetero) is 1. The molecule has 0 aliphatic carbocycles. The molecule has 1 heterocycles. The van der Waals surface area contributed by atoms with Gasteiger partial charge in [-0.15, -0.1) is 0 Å². The summed E-state index contributed by atoms with van der Waals surface area (Å²) in [6, 6.07) is 17.8. The lowest BCUT2D eigenvalue weighted by Gasteiger charge is -2.23. The Morgan fingerprint density at radius 2 is 1.70 bits per heavy atom. The number of para-hydroxylation sites is 1. The third-order valence-electron chi connectivity index (χ3n) is 5.20. The molecule has 1 amide bonds. The fourth-order valence-electron chi connectivity index (χ4n) is 3.68. The number of phenols is 1. The lowest BCUT2D eigenvalue weighted by Crippen LogP contribution is -2.41. The minimum absolute atomic E-state index is 0.0341. The molecule has 1 atom stereocenters. The van der Waals surface area contributed by atoms with E-state index in [1.54, 1.807) is 48.5 Å². The highest BCUT2D eigenvalue weighted by atomic mass is 35.5. The number of phenolic OH excluding ortho intramolecular Hbond substituents is 1. The molecule has 0 spiro atoms. The number of aliphatic hydroxyl groups is 1. The van der Waals surface area contributed by atoms with Crippen molar-refractivity contribution in [3.05, 3.63) is 93.5 Å². The Kier molecular flexibility index (Phi) is 5.28. The summed E-state index contributed by atoms with van der Waals surface area (Å²) in [5.41, 5.74) is -0.676. The SMILES string of the molecule is O=C(C[C@]1(O)C(=O)N(Cc2ccccc2Cl)c2ccc(Cl)cc21)c1ccccc1O. The first-order valence-corrected chi connectivity index (χ1v) is 9.96. The van der Waals surface area contributed by atoms with Gasteiger partial charge in [-0.3, -0.25) is 9.59 Å². The molecule has 0 unspecified atom stereocenters. The van der Waals surface area contributed by atoms with Crippen LogP contribution in [0.3, 0.4) is 0 Å². The van der Waals surface area contributed by atoms with Gasteiger partial charge in [0, 0.05) is 15.6 Å². The van der Waals surface area contributed by atoms with Gasteiger partial charge in [0.15, 0.2) is 11.4 Å². The van der Waals surface area contributed by atoms with Crippen molar-refractivity contribution in [2.75, 3.05) is 4.90 Å². The van der Waals surface area contributed by atoms with Gasteiger partial charge in [0.25, 0.3) is 5.91 Å². The highest BCUT2D eigenvalue weighted by Gasteiger charge is 2.51. The van der Waals surface area contributed by atoms with Gasteiger partial charge in [0.2, 0.25) is 0 Å². The fourth-order valence-corrected chi connectivity index (χ4v) is 4.05. The van der Waals surface area contributed by atoms with Crippen molar-refractivity contribution < 1.29 is 19.8 Å². The molecule has 0 aromatic heterocycles. The summed E-state index contributed by atoms with van der Waals surface area (Å²) in [4.78, 5) is 27.6. The summed E-state index contributed by atoms with van der Waals surface area (Å²) in [6.07, 6.45) is -0.532. The van der Waals surface area contributed by atoms with Crippen molar-refractivity contribution in [3.8, 4) is 5.75 Å². The van der Waals surface area contributed by atoms with Crippen LogP contribution in [-0.4, -0.2) is 21.9 Å². The maximum absolute atomic E-state index is 13.3. The van der Waals surface area contributed by atoms with E-state index >= 15 is 0 Å². The fraction of sp³-hybridized carbons (Fsp3) is 0.130. The molecule has 3 aromatic carbocycles. The maximum Gasteiger partial charge on any atom is 0.264 e. The van der Waals surface area contributed by atoms with Gasteiger partial charge < -0.3 is 15.1 Å². The van der Waals surface area contributed by atoms with E-state index in [0.717, 1.165) is 0 Å². The number of halogens is 2. The van der Waals surface area contributed by atoms with E-state index in [9.17, 15) is 19.8 Å². The van der Waals surface area contributed by atoms with Crippen LogP contribution < -0.4 is 4.90 Å². The smallest absolute Gasteiger partial charge is 0.264 e. The number of carbonyl (C=O) groups is 2. The molecule has 2 N–H and O–H groups in total. The lowest BCUT2D eigenvalue weighted by molar-refractivity contribution is -0.136. The summed E-state index contributed by atoms with van der Waals surface area (Å²) >= 11 is 12.4. The number of nitrogens with zero attached hydrogens (tertiary/aromatic N) is 1. The largest absolute Gasteiger partial charge is 0.507 e. The summed E-state index contributed by atoms with van der Waals surface area (Å²) in [5.74, 6) is -1.42. The first kappa shape index (κ1) is 20.4. The van der Waals surface area contributed by atoms with Crippen molar-refractivity contribution in [3.63, 3.8) is 0 Å². The van der Waals surface area contributed by atoms with E-state index in [-0.39, 0.29) is 23.4 Å². The third-order valence-corrected chi connectivity index (χ3v) is 5.80. The summed E-state index contributed by atoms with van der Waals surface area (Å²) in [6.45, 7) is 0.125. The number of aromatic hydroxyl groups is 1. The van der Waals surface area contributed by atoms with E-state index in [1.165, 1.54) is 23.1 Å². The Morgan fingerprint density at radius 1 is 1.00 bits per heavy atom. The third kappa shape index (κ3) is 3.45. The normalized spacial score (nSPS) is 17.8. The molecule has 152 valence electrons. The topological polar surface area (TPSA) is 77.8 Å². The number of carbonyl (C=O) groups excluding carboxylic acids is 2. The molecule has 7 heteroatoms. The molecule has 4 rings (SSSR count). The zero-order chi connectivity index (χ0) is 21.5. The van der Waals surface area contributed by atoms with Gasteiger partial charge in [-0.1, -0.05) is 53.5 Å². The van der Waals surface area contributed by atoms with Crippen LogP contribution in [0, 0.1) is 0 Å². The molecule has 1 aliphatic rings. The molecular weight excluding hydrogens is 425 g/mol. The Balaban J connectivity index is 1.74. The predicted molar refractivity (Wildman–Crippen MR) is 115 cm³/mol. The van der Waals surface area contributed by atoms with Crippen LogP contribution in [-0.2, 0) is 16.9 Å². The van der Waals surface area contributed by atoms with Crippen molar-refractivity contribution in [1.82, 2.24) is 0 Å². The standard InChI is InChI=1S/C23H17Cl2NO4/c24-15-9-10-19-17(11-15)23(30,12-21(28)16-6-2-4-8-20(16)27)22(29)26(19)13-14-5-1-3-7-18(14)25/h1-11,27,30H,12-13H2/t23-/m1/s1. The van der Waals surface area contributed by atoms with Crippen LogP contribution in [0.5, 0.6) is 5.75 Å². The second kappa shape index (κ2) is 7.76. The van der Waals surface area contributed by atoms with Crippen LogP contribution in [0.15, 0.2) is 66.7 Å². The molecular formula is C23H17Cl2NO4. The Bertz CT molecular complexity index is 1160. The van der Waals surface area contributed by atoms with Gasteiger partial charge >= 0.3 is 0 Å². The van der Waals surface area contributed by atoms with Crippen molar-refractivity contribution >= 4 is 40.6 Å². The van der Waals surface area contributed by atoms with Crippen LogP contribution in [0.1, 0.15) is 27.9 Å². The number of hydrogen-bond donors (Lipinski definition) is 2. The minimum Gasteiger partial charge on any atom is -0.507 e. The van der Waals surface area contributed by atoms with Crippen molar-refractivity contribution in [2.24, 2.45) is 0 Å². The van der Waals surface area contributed by atoms with Gasteiger partial charge in [0.05, 0.1) is 24.2 Å². The molecule has 0 saturated carbocycles. The predicted octanol–water partition coefficient (Wildman–Crippen LogP) is 4.71. The van der Waals surface area contributed by atoms with Gasteiger partial charge in [-0.25, -0.2) is 0 Å². The quantitative estimate of drug-likeness (QED) is 0.562. The second-order valence-electron chi connectivity index (χ2n) is 7.12. The highest BCUT2D eigenvalue weighted by molar-refractivity contribution is 6.31. The van der Waals surface area contributed by atoms with Gasteiger partial charge in [-0.2, -0.15) is 0 Å². The summed E-state index contributed by atoms with van der Waals surface area (Å²) in [7, 11) is 0. The van der Waals surface area contributed by atoms with E-state index < -0.39 is 23.7 Å². The van der Waals surface area contributed by atoms with Crippen molar-refractivity contribution in [1.29, 1.82) is 0 Å². The molecule has 0 radical (unpaired) electrons. The number of rotatable bonds is 5. The molecule has 1 aliphatic heterocycles. The number of benzene rings is 3. The highest BCUT2D eigenvalue weighted by Crippen LogP contribution is 2.45. The van der Waals surface area contributed by atoms with Crippen molar-refractivity contribution in [2.45, 2.75) is 18.6 Å². The van der Waals surface area contributed by atoms with Crippen LogP contribution >= 0.6 is 23.2 Å². The van der Waals surface area contributed by atoms with Gasteiger partial charge in [0.1, 0.15) is 5.75 Å². The molecule has 3 aromatic rings. The first-order chi connectivity index (χ1) is 14.3. The Hall–Kier alpha value is -2.86. The number of anilines is 1. The summed E-state index contributed by atoms with van der Waals surface area (Å²) < 4.78 is 0. The zero-order valence-electron chi connectivity index (χ0n) is 15.7. The zero-order valence-corrected chi connectivity index (χ0v) is 17.2. The number of fused-ring (bicyclic) bond motifs is 1.